The predicted octanol–water partition coefficient (Wildman–Crippen LogP) is -0.492. The predicted molar refractivity (Wildman–Crippen MR) is 77.8 cm³/mol. The molecule has 1 aromatic heterocycles. The fourth-order valence-corrected chi connectivity index (χ4v) is 3.99. The molecular weight excluding hydrogens is 302 g/mol. The number of aromatic amines is 1. The molecule has 0 unspecified atom stereocenters. The lowest BCUT2D eigenvalue weighted by molar-refractivity contribution is -0.123. The second-order valence-corrected chi connectivity index (χ2v) is 6.17. The molecule has 2 amide bonds. The van der Waals surface area contributed by atoms with E-state index in [9.17, 15) is 24.0 Å². The van der Waals surface area contributed by atoms with Crippen molar-refractivity contribution in [3.63, 3.8) is 0 Å². The number of amides is 2. The number of hydrogen-bond donors (Lipinski definition) is 1. The summed E-state index contributed by atoms with van der Waals surface area (Å²) in [6.07, 6.45) is 5.64. The van der Waals surface area contributed by atoms with Crippen molar-refractivity contribution >= 4 is 23.4 Å². The number of anilines is 1. The van der Waals surface area contributed by atoms with Gasteiger partial charge in [0, 0.05) is 13.1 Å². The summed E-state index contributed by atoms with van der Waals surface area (Å²) in [5.74, 6) is -2.35. The van der Waals surface area contributed by atoms with E-state index in [1.165, 1.54) is 0 Å². The lowest BCUT2D eigenvalue weighted by Gasteiger charge is -2.16. The van der Waals surface area contributed by atoms with Crippen molar-refractivity contribution in [3.8, 4) is 0 Å². The number of allylic oxidation sites excluding steroid dienone is 2. The first-order chi connectivity index (χ1) is 10.9. The van der Waals surface area contributed by atoms with Crippen LogP contribution in [0.1, 0.15) is 18.1 Å². The average molecular weight is 315 g/mol. The molecule has 1 saturated heterocycles. The van der Waals surface area contributed by atoms with E-state index in [2.05, 4.69) is 0 Å². The van der Waals surface area contributed by atoms with Crippen LogP contribution in [0.5, 0.6) is 0 Å². The maximum absolute atomic E-state index is 12.7. The van der Waals surface area contributed by atoms with Crippen LogP contribution in [-0.4, -0.2) is 27.3 Å². The van der Waals surface area contributed by atoms with Gasteiger partial charge in [-0.3, -0.25) is 24.2 Å². The first-order valence-electron chi connectivity index (χ1n) is 7.33. The molecule has 2 fully saturated rings. The Bertz CT molecular complexity index is 878. The summed E-state index contributed by atoms with van der Waals surface area (Å²) >= 11 is 0. The highest BCUT2D eigenvalue weighted by molar-refractivity contribution is 6.22. The number of aromatic nitrogens is 2. The third kappa shape index (κ3) is 1.68. The second kappa shape index (κ2) is 4.37. The van der Waals surface area contributed by atoms with Crippen LogP contribution in [0.4, 0.5) is 5.69 Å². The molecule has 1 aliphatic heterocycles. The molecule has 4 atom stereocenters. The molecule has 0 aromatic carbocycles. The summed E-state index contributed by atoms with van der Waals surface area (Å²) in [6.45, 7) is 1.15. The standard InChI is InChI=1S/C15H13N3O5/c1-6(19)17-5-9(12(20)16-15(17)23)18-13(21)10-7-2-3-8(4-7)11(10)14(18)22/h2-3,5,7-8,10-11H,4H2,1H3,(H,16,20,23)/t7-,8+,10-,11+. The Balaban J connectivity index is 1.84. The van der Waals surface area contributed by atoms with Crippen molar-refractivity contribution in [3.05, 3.63) is 39.2 Å². The molecule has 2 heterocycles. The quantitative estimate of drug-likeness (QED) is 0.555. The molecule has 1 aromatic rings. The minimum Gasteiger partial charge on any atom is -0.274 e. The van der Waals surface area contributed by atoms with Gasteiger partial charge in [-0.05, 0) is 18.3 Å². The largest absolute Gasteiger partial charge is 0.335 e. The number of hydrogen-bond acceptors (Lipinski definition) is 5. The molecular formula is C15H13N3O5. The molecule has 0 spiro atoms. The number of rotatable bonds is 1. The van der Waals surface area contributed by atoms with Gasteiger partial charge in [0.1, 0.15) is 5.69 Å². The zero-order chi connectivity index (χ0) is 16.5. The molecule has 8 heteroatoms. The summed E-state index contributed by atoms with van der Waals surface area (Å²) in [7, 11) is 0. The molecule has 3 aliphatic rings. The zero-order valence-electron chi connectivity index (χ0n) is 12.2. The summed E-state index contributed by atoms with van der Waals surface area (Å²) < 4.78 is 0.679. The van der Waals surface area contributed by atoms with Gasteiger partial charge in [-0.25, -0.2) is 14.3 Å². The van der Waals surface area contributed by atoms with E-state index in [-0.39, 0.29) is 17.5 Å². The van der Waals surface area contributed by atoms with Crippen molar-refractivity contribution in [2.24, 2.45) is 23.7 Å². The van der Waals surface area contributed by atoms with Crippen molar-refractivity contribution in [1.29, 1.82) is 0 Å². The zero-order valence-corrected chi connectivity index (χ0v) is 12.2. The van der Waals surface area contributed by atoms with Gasteiger partial charge in [-0.15, -0.1) is 0 Å². The van der Waals surface area contributed by atoms with E-state index < -0.39 is 40.8 Å². The Morgan fingerprint density at radius 3 is 2.17 bits per heavy atom. The normalized spacial score (nSPS) is 31.1. The van der Waals surface area contributed by atoms with E-state index in [1.54, 1.807) is 0 Å². The highest BCUT2D eigenvalue weighted by atomic mass is 16.2. The first kappa shape index (κ1) is 13.9. The molecule has 118 valence electrons. The third-order valence-corrected chi connectivity index (χ3v) is 4.97. The van der Waals surface area contributed by atoms with Crippen LogP contribution in [0.2, 0.25) is 0 Å². The van der Waals surface area contributed by atoms with Gasteiger partial charge >= 0.3 is 5.69 Å². The second-order valence-electron chi connectivity index (χ2n) is 6.17. The van der Waals surface area contributed by atoms with Gasteiger partial charge < -0.3 is 0 Å². The number of nitrogens with zero attached hydrogens (tertiary/aromatic N) is 2. The number of imide groups is 1. The Morgan fingerprint density at radius 1 is 1.09 bits per heavy atom. The molecule has 2 bridgehead atoms. The average Bonchev–Trinajstić information content (AvgIpc) is 3.14. The van der Waals surface area contributed by atoms with Crippen LogP contribution in [0, 0.1) is 23.7 Å². The van der Waals surface area contributed by atoms with Crippen LogP contribution in [-0.2, 0) is 9.59 Å². The maximum atomic E-state index is 12.7. The van der Waals surface area contributed by atoms with E-state index >= 15 is 0 Å². The smallest absolute Gasteiger partial charge is 0.274 e. The van der Waals surface area contributed by atoms with Crippen LogP contribution in [0.25, 0.3) is 0 Å². The molecule has 4 rings (SSSR count). The van der Waals surface area contributed by atoms with Crippen LogP contribution in [0.15, 0.2) is 27.9 Å². The highest BCUT2D eigenvalue weighted by Gasteiger charge is 2.60. The lowest BCUT2D eigenvalue weighted by atomic mass is 9.85. The summed E-state index contributed by atoms with van der Waals surface area (Å²) in [5.41, 5.74) is -2.02. The van der Waals surface area contributed by atoms with Crippen LogP contribution >= 0.6 is 0 Å². The van der Waals surface area contributed by atoms with Crippen LogP contribution in [0.3, 0.4) is 0 Å². The molecule has 23 heavy (non-hydrogen) atoms. The number of carbonyl (C=O) groups excluding carboxylic acids is 3. The Morgan fingerprint density at radius 2 is 1.65 bits per heavy atom. The fraction of sp³-hybridized carbons (Fsp3) is 0.400. The minimum absolute atomic E-state index is 0.0178. The summed E-state index contributed by atoms with van der Waals surface area (Å²) in [4.78, 5) is 63.2. The highest BCUT2D eigenvalue weighted by Crippen LogP contribution is 2.52. The van der Waals surface area contributed by atoms with E-state index in [1.807, 2.05) is 17.1 Å². The van der Waals surface area contributed by atoms with Crippen LogP contribution < -0.4 is 16.1 Å². The van der Waals surface area contributed by atoms with Gasteiger partial charge in [-0.1, -0.05) is 12.2 Å². The minimum atomic E-state index is -0.896. The first-order valence-corrected chi connectivity index (χ1v) is 7.33. The van der Waals surface area contributed by atoms with Crippen molar-refractivity contribution in [2.45, 2.75) is 13.3 Å². The Kier molecular flexibility index (Phi) is 2.64. The molecule has 1 saturated carbocycles. The molecule has 1 N–H and O–H groups in total. The Hall–Kier alpha value is -2.77. The Labute approximate surface area is 129 Å². The van der Waals surface area contributed by atoms with Crippen molar-refractivity contribution in [2.75, 3.05) is 4.90 Å². The topological polar surface area (TPSA) is 109 Å². The summed E-state index contributed by atoms with van der Waals surface area (Å²) in [6, 6.07) is 0. The molecule has 2 aliphatic carbocycles. The number of fused-ring (bicyclic) bond motifs is 5. The van der Waals surface area contributed by atoms with Gasteiger partial charge in [0.2, 0.25) is 17.7 Å². The summed E-state index contributed by atoms with van der Waals surface area (Å²) in [5, 5.41) is 0. The molecule has 0 radical (unpaired) electrons. The number of nitrogens with one attached hydrogen (secondary N) is 1. The lowest BCUT2D eigenvalue weighted by Crippen LogP contribution is -2.41. The van der Waals surface area contributed by atoms with Crippen molar-refractivity contribution < 1.29 is 14.4 Å². The monoisotopic (exact) mass is 315 g/mol. The van der Waals surface area contributed by atoms with Crippen molar-refractivity contribution in [1.82, 2.24) is 9.55 Å². The van der Waals surface area contributed by atoms with Gasteiger partial charge in [0.05, 0.1) is 11.8 Å². The van der Waals surface area contributed by atoms with Gasteiger partial charge in [0.25, 0.3) is 5.56 Å². The van der Waals surface area contributed by atoms with E-state index in [4.69, 9.17) is 0 Å². The SMILES string of the molecule is CC(=O)n1cc(N2C(=O)[C@@H]3[C@H](C2=O)[C@@H]2C=C[C@H]3C2)c(=O)[nH]c1=O. The fourth-order valence-electron chi connectivity index (χ4n) is 3.99. The van der Waals surface area contributed by atoms with Gasteiger partial charge in [-0.2, -0.15) is 0 Å². The molecule has 8 nitrogen and oxygen atoms in total. The maximum Gasteiger partial charge on any atom is 0.335 e. The van der Waals surface area contributed by atoms with E-state index in [0.717, 1.165) is 24.4 Å². The van der Waals surface area contributed by atoms with E-state index in [0.29, 0.717) is 4.57 Å². The third-order valence-electron chi connectivity index (χ3n) is 4.97. The number of carbonyl (C=O) groups is 3. The van der Waals surface area contributed by atoms with Gasteiger partial charge in [0.15, 0.2) is 0 Å². The number of H-pyrrole nitrogens is 1.